The molecular formula is C10H18FNO2. The molecule has 4 heteroatoms. The Hall–Kier alpha value is -0.870. The van der Waals surface area contributed by atoms with Gasteiger partial charge in [0.25, 0.3) is 0 Å². The fourth-order valence-electron chi connectivity index (χ4n) is 0.666. The van der Waals surface area contributed by atoms with Gasteiger partial charge in [-0.2, -0.15) is 0 Å². The standard InChI is InChI=1S/C10H18FNO2/c1-4-8(11)5-9(6-12)14-7-10(2,3)13/h4-5,13H,6-7,12H2,1-3H3. The van der Waals surface area contributed by atoms with Crippen molar-refractivity contribution >= 4 is 0 Å². The first kappa shape index (κ1) is 13.1. The smallest absolute Gasteiger partial charge is 0.122 e. The highest BCUT2D eigenvalue weighted by atomic mass is 19.1. The maximum Gasteiger partial charge on any atom is 0.122 e. The van der Waals surface area contributed by atoms with E-state index in [0.29, 0.717) is 5.76 Å². The van der Waals surface area contributed by atoms with E-state index in [2.05, 4.69) is 0 Å². The molecule has 0 saturated carbocycles. The van der Waals surface area contributed by atoms with E-state index in [1.165, 1.54) is 12.2 Å². The quantitative estimate of drug-likeness (QED) is 0.525. The predicted octanol–water partition coefficient (Wildman–Crippen LogP) is 1.49. The van der Waals surface area contributed by atoms with Crippen LogP contribution in [0.25, 0.3) is 0 Å². The van der Waals surface area contributed by atoms with Crippen LogP contribution in [0.4, 0.5) is 4.39 Å². The highest BCUT2D eigenvalue weighted by Gasteiger charge is 2.13. The maximum absolute atomic E-state index is 12.8. The lowest BCUT2D eigenvalue weighted by atomic mass is 10.2. The lowest BCUT2D eigenvalue weighted by molar-refractivity contribution is 0.00252. The Morgan fingerprint density at radius 3 is 2.50 bits per heavy atom. The topological polar surface area (TPSA) is 55.5 Å². The molecule has 0 rings (SSSR count). The predicted molar refractivity (Wildman–Crippen MR) is 54.3 cm³/mol. The van der Waals surface area contributed by atoms with Crippen LogP contribution in [0.3, 0.4) is 0 Å². The van der Waals surface area contributed by atoms with Crippen molar-refractivity contribution in [3.8, 4) is 0 Å². The largest absolute Gasteiger partial charge is 0.494 e. The van der Waals surface area contributed by atoms with Crippen molar-refractivity contribution in [2.75, 3.05) is 13.2 Å². The molecule has 0 unspecified atom stereocenters. The Balaban J connectivity index is 4.24. The molecule has 3 N–H and O–H groups in total. The minimum Gasteiger partial charge on any atom is -0.494 e. The van der Waals surface area contributed by atoms with Gasteiger partial charge in [-0.3, -0.25) is 0 Å². The second kappa shape index (κ2) is 5.78. The second-order valence-corrected chi connectivity index (χ2v) is 3.59. The van der Waals surface area contributed by atoms with E-state index in [0.717, 1.165) is 0 Å². The van der Waals surface area contributed by atoms with Crippen LogP contribution in [-0.2, 0) is 4.74 Å². The van der Waals surface area contributed by atoms with E-state index in [1.807, 2.05) is 0 Å². The SMILES string of the molecule is CC=C(F)C=C(CN)OCC(C)(C)O. The molecule has 14 heavy (non-hydrogen) atoms. The van der Waals surface area contributed by atoms with E-state index in [4.69, 9.17) is 10.5 Å². The number of allylic oxidation sites excluding steroid dienone is 3. The lowest BCUT2D eigenvalue weighted by Crippen LogP contribution is -2.26. The van der Waals surface area contributed by atoms with Crippen molar-refractivity contribution in [2.24, 2.45) is 5.73 Å². The highest BCUT2D eigenvalue weighted by molar-refractivity contribution is 5.14. The zero-order chi connectivity index (χ0) is 11.2. The van der Waals surface area contributed by atoms with Gasteiger partial charge in [0.15, 0.2) is 0 Å². The number of nitrogens with two attached hydrogens (primary N) is 1. The molecule has 0 aliphatic carbocycles. The normalized spacial score (nSPS) is 14.4. The van der Waals surface area contributed by atoms with Crippen LogP contribution < -0.4 is 5.73 Å². The molecule has 0 heterocycles. The number of rotatable bonds is 5. The lowest BCUT2D eigenvalue weighted by Gasteiger charge is -2.18. The van der Waals surface area contributed by atoms with Gasteiger partial charge in [0.05, 0.1) is 12.1 Å². The van der Waals surface area contributed by atoms with Crippen molar-refractivity contribution in [2.45, 2.75) is 26.4 Å². The van der Waals surface area contributed by atoms with Crippen molar-refractivity contribution < 1.29 is 14.2 Å². The van der Waals surface area contributed by atoms with Gasteiger partial charge >= 0.3 is 0 Å². The Bertz CT molecular complexity index is 229. The summed E-state index contributed by atoms with van der Waals surface area (Å²) in [5.74, 6) is -0.0797. The number of hydrogen-bond acceptors (Lipinski definition) is 3. The summed E-state index contributed by atoms with van der Waals surface area (Å²) in [4.78, 5) is 0. The first-order valence-corrected chi connectivity index (χ1v) is 4.46. The molecule has 82 valence electrons. The molecule has 0 aliphatic heterocycles. The summed E-state index contributed by atoms with van der Waals surface area (Å²) < 4.78 is 17.9. The molecule has 0 saturated heterocycles. The van der Waals surface area contributed by atoms with Crippen LogP contribution in [0.15, 0.2) is 23.7 Å². The van der Waals surface area contributed by atoms with Crippen LogP contribution >= 0.6 is 0 Å². The molecule has 0 atom stereocenters. The summed E-state index contributed by atoms with van der Waals surface area (Å²) >= 11 is 0. The van der Waals surface area contributed by atoms with Gasteiger partial charge in [-0.05, 0) is 20.8 Å². The van der Waals surface area contributed by atoms with E-state index in [9.17, 15) is 9.50 Å². The van der Waals surface area contributed by atoms with E-state index in [-0.39, 0.29) is 13.2 Å². The number of hydrogen-bond donors (Lipinski definition) is 2. The second-order valence-electron chi connectivity index (χ2n) is 3.59. The fraction of sp³-hybridized carbons (Fsp3) is 0.600. The first-order valence-electron chi connectivity index (χ1n) is 4.46. The molecule has 0 amide bonds. The summed E-state index contributed by atoms with van der Waals surface area (Å²) in [5.41, 5.74) is 4.39. The van der Waals surface area contributed by atoms with Crippen LogP contribution in [0, 0.1) is 0 Å². The van der Waals surface area contributed by atoms with Crippen LogP contribution in [0.5, 0.6) is 0 Å². The number of ether oxygens (including phenoxy) is 1. The van der Waals surface area contributed by atoms with Crippen LogP contribution in [0.1, 0.15) is 20.8 Å². The van der Waals surface area contributed by atoms with Gasteiger partial charge in [-0.1, -0.05) is 6.08 Å². The maximum atomic E-state index is 12.8. The Morgan fingerprint density at radius 2 is 2.14 bits per heavy atom. The summed E-state index contributed by atoms with van der Waals surface area (Å²) in [5, 5.41) is 9.35. The van der Waals surface area contributed by atoms with Gasteiger partial charge in [-0.25, -0.2) is 4.39 Å². The zero-order valence-electron chi connectivity index (χ0n) is 8.88. The van der Waals surface area contributed by atoms with Crippen molar-refractivity contribution in [3.05, 3.63) is 23.7 Å². The Morgan fingerprint density at radius 1 is 1.57 bits per heavy atom. The van der Waals surface area contributed by atoms with Crippen LogP contribution in [-0.4, -0.2) is 23.9 Å². The highest BCUT2D eigenvalue weighted by Crippen LogP contribution is 2.08. The van der Waals surface area contributed by atoms with Gasteiger partial charge < -0.3 is 15.6 Å². The van der Waals surface area contributed by atoms with E-state index in [1.54, 1.807) is 20.8 Å². The third kappa shape index (κ3) is 6.62. The van der Waals surface area contributed by atoms with E-state index < -0.39 is 11.4 Å². The third-order valence-corrected chi connectivity index (χ3v) is 1.39. The summed E-state index contributed by atoms with van der Waals surface area (Å²) in [6.07, 6.45) is 2.52. The minimum atomic E-state index is -0.944. The molecule has 0 aromatic heterocycles. The third-order valence-electron chi connectivity index (χ3n) is 1.39. The van der Waals surface area contributed by atoms with E-state index >= 15 is 0 Å². The molecule has 3 nitrogen and oxygen atoms in total. The van der Waals surface area contributed by atoms with Gasteiger partial charge in [0, 0.05) is 6.08 Å². The molecule has 0 bridgehead atoms. The monoisotopic (exact) mass is 203 g/mol. The van der Waals surface area contributed by atoms with Crippen LogP contribution in [0.2, 0.25) is 0 Å². The summed E-state index contributed by atoms with van der Waals surface area (Å²) in [7, 11) is 0. The summed E-state index contributed by atoms with van der Waals surface area (Å²) in [6.45, 7) is 4.99. The molecular weight excluding hydrogens is 185 g/mol. The molecule has 0 aromatic rings. The molecule has 0 spiro atoms. The van der Waals surface area contributed by atoms with Crippen molar-refractivity contribution in [3.63, 3.8) is 0 Å². The molecule has 0 fully saturated rings. The zero-order valence-corrected chi connectivity index (χ0v) is 8.88. The first-order chi connectivity index (χ1) is 6.39. The van der Waals surface area contributed by atoms with Crippen molar-refractivity contribution in [1.29, 1.82) is 0 Å². The van der Waals surface area contributed by atoms with Gasteiger partial charge in [0.2, 0.25) is 0 Å². The van der Waals surface area contributed by atoms with Crippen molar-refractivity contribution in [1.82, 2.24) is 0 Å². The molecule has 0 aromatic carbocycles. The fourth-order valence-corrected chi connectivity index (χ4v) is 0.666. The molecule has 0 aliphatic rings. The molecule has 0 radical (unpaired) electrons. The van der Waals surface area contributed by atoms with Gasteiger partial charge in [0.1, 0.15) is 18.2 Å². The summed E-state index contributed by atoms with van der Waals surface area (Å²) in [6, 6.07) is 0. The minimum absolute atomic E-state index is 0.0903. The Labute approximate surface area is 84.1 Å². The average Bonchev–Trinajstić information content (AvgIpc) is 2.10. The Kier molecular flexibility index (Phi) is 5.42. The number of halogens is 1. The average molecular weight is 203 g/mol. The number of aliphatic hydroxyl groups is 1. The van der Waals surface area contributed by atoms with Gasteiger partial charge in [-0.15, -0.1) is 0 Å².